The van der Waals surface area contributed by atoms with Crippen molar-refractivity contribution < 1.29 is 9.90 Å². The molecule has 2 saturated heterocycles. The molecule has 1 aromatic carbocycles. The summed E-state index contributed by atoms with van der Waals surface area (Å²) in [4.78, 5) is 16.9. The van der Waals surface area contributed by atoms with Gasteiger partial charge in [-0.2, -0.15) is 0 Å². The van der Waals surface area contributed by atoms with E-state index in [-0.39, 0.29) is 12.5 Å². The number of aliphatic hydroxyl groups is 1. The number of benzene rings is 1. The van der Waals surface area contributed by atoms with Crippen LogP contribution in [0.25, 0.3) is 0 Å². The number of piperidine rings is 2. The molecule has 2 fully saturated rings. The van der Waals surface area contributed by atoms with Gasteiger partial charge in [0.25, 0.3) is 5.91 Å². The highest BCUT2D eigenvalue weighted by Crippen LogP contribution is 2.17. The van der Waals surface area contributed by atoms with E-state index in [4.69, 9.17) is 0 Å². The van der Waals surface area contributed by atoms with Gasteiger partial charge in [0.05, 0.1) is 6.61 Å². The SMILES string of the molecule is O=C(c1ccccc1)N1CCC(NCCN2CCCCC2CO)CC1. The van der Waals surface area contributed by atoms with Crippen LogP contribution in [0.3, 0.4) is 0 Å². The van der Waals surface area contributed by atoms with Crippen LogP contribution in [-0.4, -0.2) is 72.2 Å². The van der Waals surface area contributed by atoms with Crippen molar-refractivity contribution in [3.05, 3.63) is 35.9 Å². The first-order valence-electron chi connectivity index (χ1n) is 9.70. The summed E-state index contributed by atoms with van der Waals surface area (Å²) in [5, 5.41) is 13.1. The molecule has 0 radical (unpaired) electrons. The zero-order chi connectivity index (χ0) is 17.5. The van der Waals surface area contributed by atoms with Gasteiger partial charge in [0.1, 0.15) is 0 Å². The number of carbonyl (C=O) groups excluding carboxylic acids is 1. The molecule has 0 spiro atoms. The minimum atomic E-state index is 0.151. The van der Waals surface area contributed by atoms with Crippen molar-refractivity contribution in [2.75, 3.05) is 39.3 Å². The second kappa shape index (κ2) is 9.32. The van der Waals surface area contributed by atoms with Gasteiger partial charge in [0, 0.05) is 43.8 Å². The van der Waals surface area contributed by atoms with E-state index in [2.05, 4.69) is 10.2 Å². The lowest BCUT2D eigenvalue weighted by atomic mass is 10.0. The van der Waals surface area contributed by atoms with E-state index in [9.17, 15) is 9.90 Å². The quantitative estimate of drug-likeness (QED) is 0.824. The normalized spacial score (nSPS) is 22.9. The Hall–Kier alpha value is -1.43. The Bertz CT molecular complexity index is 529. The first kappa shape index (κ1) is 18.4. The molecule has 2 aliphatic heterocycles. The van der Waals surface area contributed by atoms with Gasteiger partial charge in [-0.25, -0.2) is 0 Å². The molecule has 2 aliphatic rings. The molecule has 1 aromatic rings. The number of nitrogens with one attached hydrogen (secondary N) is 1. The largest absolute Gasteiger partial charge is 0.395 e. The Morgan fingerprint density at radius 3 is 2.56 bits per heavy atom. The molecule has 1 unspecified atom stereocenters. The average molecular weight is 345 g/mol. The minimum absolute atomic E-state index is 0.151. The fraction of sp³-hybridized carbons (Fsp3) is 0.650. The zero-order valence-electron chi connectivity index (χ0n) is 15.1. The van der Waals surface area contributed by atoms with Crippen LogP contribution in [0.2, 0.25) is 0 Å². The lowest BCUT2D eigenvalue weighted by molar-refractivity contribution is 0.0697. The van der Waals surface area contributed by atoms with Gasteiger partial charge in [-0.1, -0.05) is 24.6 Å². The molecule has 1 atom stereocenters. The second-order valence-electron chi connectivity index (χ2n) is 7.25. The van der Waals surface area contributed by atoms with Gasteiger partial charge in [-0.3, -0.25) is 9.69 Å². The smallest absolute Gasteiger partial charge is 0.253 e. The molecule has 0 aromatic heterocycles. The highest BCUT2D eigenvalue weighted by Gasteiger charge is 2.24. The van der Waals surface area contributed by atoms with E-state index in [1.165, 1.54) is 12.8 Å². The maximum absolute atomic E-state index is 12.5. The zero-order valence-corrected chi connectivity index (χ0v) is 15.1. The minimum Gasteiger partial charge on any atom is -0.395 e. The summed E-state index contributed by atoms with van der Waals surface area (Å²) in [5.74, 6) is 0.151. The topological polar surface area (TPSA) is 55.8 Å². The molecular weight excluding hydrogens is 314 g/mol. The number of amides is 1. The summed E-state index contributed by atoms with van der Waals surface area (Å²) in [6.45, 7) is 5.02. The summed E-state index contributed by atoms with van der Waals surface area (Å²) in [6.07, 6.45) is 5.64. The first-order valence-corrected chi connectivity index (χ1v) is 9.70. The molecule has 25 heavy (non-hydrogen) atoms. The number of rotatable bonds is 6. The van der Waals surface area contributed by atoms with Gasteiger partial charge in [0.2, 0.25) is 0 Å². The van der Waals surface area contributed by atoms with E-state index in [0.29, 0.717) is 12.1 Å². The Labute approximate surface area is 151 Å². The van der Waals surface area contributed by atoms with Crippen LogP contribution in [0.15, 0.2) is 30.3 Å². The van der Waals surface area contributed by atoms with Gasteiger partial charge in [0.15, 0.2) is 0 Å². The molecule has 0 aliphatic carbocycles. The lowest BCUT2D eigenvalue weighted by Gasteiger charge is -2.36. The van der Waals surface area contributed by atoms with Crippen LogP contribution in [-0.2, 0) is 0 Å². The Kier molecular flexibility index (Phi) is 6.84. The van der Waals surface area contributed by atoms with Crippen LogP contribution in [0.1, 0.15) is 42.5 Å². The highest BCUT2D eigenvalue weighted by atomic mass is 16.3. The molecular formula is C20H31N3O2. The predicted molar refractivity (Wildman–Crippen MR) is 99.7 cm³/mol. The van der Waals surface area contributed by atoms with Crippen molar-refractivity contribution in [3.63, 3.8) is 0 Å². The Balaban J connectivity index is 1.37. The van der Waals surface area contributed by atoms with Gasteiger partial charge < -0.3 is 15.3 Å². The molecule has 2 heterocycles. The van der Waals surface area contributed by atoms with Crippen molar-refractivity contribution >= 4 is 5.91 Å². The van der Waals surface area contributed by atoms with Crippen LogP contribution < -0.4 is 5.32 Å². The summed E-state index contributed by atoms with van der Waals surface area (Å²) in [6, 6.07) is 10.4. The summed E-state index contributed by atoms with van der Waals surface area (Å²) >= 11 is 0. The molecule has 5 nitrogen and oxygen atoms in total. The average Bonchev–Trinajstić information content (AvgIpc) is 2.69. The van der Waals surface area contributed by atoms with Crippen molar-refractivity contribution in [1.82, 2.24) is 15.1 Å². The van der Waals surface area contributed by atoms with Crippen molar-refractivity contribution in [3.8, 4) is 0 Å². The first-order chi connectivity index (χ1) is 12.3. The maximum Gasteiger partial charge on any atom is 0.253 e. The summed E-state index contributed by atoms with van der Waals surface area (Å²) in [7, 11) is 0. The van der Waals surface area contributed by atoms with Gasteiger partial charge in [-0.05, 0) is 44.4 Å². The number of aliphatic hydroxyl groups excluding tert-OH is 1. The van der Waals surface area contributed by atoms with Crippen molar-refractivity contribution in [1.29, 1.82) is 0 Å². The molecule has 5 heteroatoms. The number of hydrogen-bond acceptors (Lipinski definition) is 4. The van der Waals surface area contributed by atoms with E-state index < -0.39 is 0 Å². The Morgan fingerprint density at radius 1 is 1.08 bits per heavy atom. The van der Waals surface area contributed by atoms with Crippen LogP contribution in [0.5, 0.6) is 0 Å². The third-order valence-electron chi connectivity index (χ3n) is 5.59. The summed E-state index contributed by atoms with van der Waals surface area (Å²) in [5.41, 5.74) is 0.786. The second-order valence-corrected chi connectivity index (χ2v) is 7.25. The van der Waals surface area contributed by atoms with E-state index in [1.807, 2.05) is 35.2 Å². The molecule has 0 bridgehead atoms. The third-order valence-corrected chi connectivity index (χ3v) is 5.59. The molecule has 138 valence electrons. The van der Waals surface area contributed by atoms with Crippen LogP contribution >= 0.6 is 0 Å². The van der Waals surface area contributed by atoms with Gasteiger partial charge >= 0.3 is 0 Å². The van der Waals surface area contributed by atoms with Crippen molar-refractivity contribution in [2.24, 2.45) is 0 Å². The molecule has 3 rings (SSSR count). The van der Waals surface area contributed by atoms with Crippen LogP contribution in [0, 0.1) is 0 Å². The standard InChI is InChI=1S/C20H31N3O2/c24-16-19-8-4-5-12-22(19)15-11-21-18-9-13-23(14-10-18)20(25)17-6-2-1-3-7-17/h1-3,6-7,18-19,21,24H,4-5,8-16H2. The van der Waals surface area contributed by atoms with Gasteiger partial charge in [-0.15, -0.1) is 0 Å². The fourth-order valence-corrected chi connectivity index (χ4v) is 4.02. The molecule has 1 amide bonds. The number of carbonyl (C=O) groups is 1. The lowest BCUT2D eigenvalue weighted by Crippen LogP contribution is -2.48. The van der Waals surface area contributed by atoms with E-state index in [0.717, 1.165) is 57.5 Å². The number of likely N-dealkylation sites (tertiary alicyclic amines) is 2. The third kappa shape index (κ3) is 5.03. The predicted octanol–water partition coefficient (Wildman–Crippen LogP) is 1.73. The number of nitrogens with zero attached hydrogens (tertiary/aromatic N) is 2. The molecule has 2 N–H and O–H groups in total. The highest BCUT2D eigenvalue weighted by molar-refractivity contribution is 5.94. The number of hydrogen-bond donors (Lipinski definition) is 2. The van der Waals surface area contributed by atoms with E-state index >= 15 is 0 Å². The summed E-state index contributed by atoms with van der Waals surface area (Å²) < 4.78 is 0. The molecule has 0 saturated carbocycles. The Morgan fingerprint density at radius 2 is 1.84 bits per heavy atom. The maximum atomic E-state index is 12.5. The van der Waals surface area contributed by atoms with E-state index in [1.54, 1.807) is 0 Å². The fourth-order valence-electron chi connectivity index (χ4n) is 4.02. The van der Waals surface area contributed by atoms with Crippen LogP contribution in [0.4, 0.5) is 0 Å². The monoisotopic (exact) mass is 345 g/mol. The van der Waals surface area contributed by atoms with Crippen molar-refractivity contribution in [2.45, 2.75) is 44.2 Å².